The summed E-state index contributed by atoms with van der Waals surface area (Å²) < 4.78 is 4.51. The van der Waals surface area contributed by atoms with Gasteiger partial charge in [-0.25, -0.2) is 4.79 Å². The molecule has 0 bridgehead atoms. The van der Waals surface area contributed by atoms with Gasteiger partial charge in [0.2, 0.25) is 5.91 Å². The smallest absolute Gasteiger partial charge is 0.375 e. The highest BCUT2D eigenvalue weighted by atomic mass is 16.5. The lowest BCUT2D eigenvalue weighted by molar-refractivity contribution is -0.158. The molecule has 0 aliphatic heterocycles. The molecule has 0 aliphatic carbocycles. The molecule has 1 aromatic carbocycles. The molecule has 0 fully saturated rings. The quantitative estimate of drug-likeness (QED) is 0.475. The Hall–Kier alpha value is -2.50. The van der Waals surface area contributed by atoms with Crippen LogP contribution in [0.5, 0.6) is 0 Å². The van der Waals surface area contributed by atoms with E-state index in [-0.39, 0.29) is 6.61 Å². The summed E-state index contributed by atoms with van der Waals surface area (Å²) in [5.41, 5.74) is 0.431. The topological polar surface area (TPSA) is 89.5 Å². The average Bonchev–Trinajstić information content (AvgIpc) is 2.39. The van der Waals surface area contributed by atoms with E-state index in [2.05, 4.69) is 10.1 Å². The first kappa shape index (κ1) is 15.6. The van der Waals surface area contributed by atoms with Gasteiger partial charge in [0.1, 0.15) is 5.78 Å². The molecule has 0 saturated heterocycles. The van der Waals surface area contributed by atoms with Crippen molar-refractivity contribution in [1.29, 1.82) is 0 Å². The van der Waals surface area contributed by atoms with Crippen molar-refractivity contribution in [3.05, 3.63) is 30.3 Å². The molecule has 0 heterocycles. The van der Waals surface area contributed by atoms with Gasteiger partial charge in [0.05, 0.1) is 6.61 Å². The molecule has 0 aliphatic rings. The van der Waals surface area contributed by atoms with Crippen molar-refractivity contribution in [3.8, 4) is 0 Å². The molecule has 0 saturated carbocycles. The fourth-order valence-corrected chi connectivity index (χ4v) is 1.54. The number of nitrogens with one attached hydrogen (secondary N) is 1. The molecule has 0 aromatic heterocycles. The molecular weight excluding hydrogens is 262 g/mol. The highest BCUT2D eigenvalue weighted by Crippen LogP contribution is 2.10. The van der Waals surface area contributed by atoms with Gasteiger partial charge in [-0.05, 0) is 26.0 Å². The van der Waals surface area contributed by atoms with Crippen LogP contribution >= 0.6 is 0 Å². The van der Waals surface area contributed by atoms with Crippen molar-refractivity contribution in [3.63, 3.8) is 0 Å². The Morgan fingerprint density at radius 1 is 1.15 bits per heavy atom. The minimum Gasteiger partial charge on any atom is -0.460 e. The highest BCUT2D eigenvalue weighted by molar-refractivity contribution is 6.44. The predicted molar refractivity (Wildman–Crippen MR) is 70.9 cm³/mol. The second-order valence-electron chi connectivity index (χ2n) is 3.98. The SMILES string of the molecule is CCOC(=O)C(=O)C(C(C)=O)C(=O)Nc1ccccc1. The van der Waals surface area contributed by atoms with Gasteiger partial charge in [-0.1, -0.05) is 18.2 Å². The normalized spacial score (nSPS) is 11.3. The molecule has 1 N–H and O–H groups in total. The molecule has 6 heteroatoms. The van der Waals surface area contributed by atoms with E-state index in [9.17, 15) is 19.2 Å². The number of hydrogen-bond donors (Lipinski definition) is 1. The first-order chi connectivity index (χ1) is 9.47. The zero-order valence-electron chi connectivity index (χ0n) is 11.2. The van der Waals surface area contributed by atoms with E-state index < -0.39 is 29.4 Å². The van der Waals surface area contributed by atoms with Gasteiger partial charge in [0.25, 0.3) is 5.78 Å². The number of ether oxygens (including phenoxy) is 1. The molecule has 6 nitrogen and oxygen atoms in total. The summed E-state index contributed by atoms with van der Waals surface area (Å²) in [6.07, 6.45) is 0. The van der Waals surface area contributed by atoms with Crippen molar-refractivity contribution in [2.24, 2.45) is 5.92 Å². The molecule has 1 atom stereocenters. The second kappa shape index (κ2) is 7.18. The zero-order chi connectivity index (χ0) is 15.1. The molecule has 106 valence electrons. The summed E-state index contributed by atoms with van der Waals surface area (Å²) in [5, 5.41) is 2.41. The van der Waals surface area contributed by atoms with Gasteiger partial charge in [-0.2, -0.15) is 0 Å². The molecule has 20 heavy (non-hydrogen) atoms. The Bertz CT molecular complexity index is 524. The standard InChI is InChI=1S/C14H15NO5/c1-3-20-14(19)12(17)11(9(2)16)13(18)15-10-7-5-4-6-8-10/h4-8,11H,3H2,1-2H3,(H,15,18). The Kier molecular flexibility index (Phi) is 5.58. The lowest BCUT2D eigenvalue weighted by atomic mass is 9.98. The van der Waals surface area contributed by atoms with Crippen LogP contribution in [0.25, 0.3) is 0 Å². The summed E-state index contributed by atoms with van der Waals surface area (Å²) in [6.45, 7) is 2.60. The van der Waals surface area contributed by atoms with Crippen molar-refractivity contribution in [2.45, 2.75) is 13.8 Å². The summed E-state index contributed by atoms with van der Waals surface area (Å²) >= 11 is 0. The van der Waals surface area contributed by atoms with Crippen LogP contribution in [0.2, 0.25) is 0 Å². The monoisotopic (exact) mass is 277 g/mol. The van der Waals surface area contributed by atoms with E-state index >= 15 is 0 Å². The third kappa shape index (κ3) is 4.01. The molecule has 1 amide bonds. The number of esters is 1. The largest absolute Gasteiger partial charge is 0.460 e. The predicted octanol–water partition coefficient (Wildman–Crippen LogP) is 0.962. The number of carbonyl (C=O) groups excluding carboxylic acids is 4. The molecule has 1 unspecified atom stereocenters. The van der Waals surface area contributed by atoms with Crippen LogP contribution in [0.15, 0.2) is 30.3 Å². The van der Waals surface area contributed by atoms with Gasteiger partial charge in [-0.3, -0.25) is 14.4 Å². The number of ketones is 2. The Morgan fingerprint density at radius 2 is 1.75 bits per heavy atom. The number of benzene rings is 1. The lowest BCUT2D eigenvalue weighted by Gasteiger charge is -2.12. The molecule has 0 radical (unpaired) electrons. The number of hydrogen-bond acceptors (Lipinski definition) is 5. The second-order valence-corrected chi connectivity index (χ2v) is 3.98. The van der Waals surface area contributed by atoms with E-state index in [1.807, 2.05) is 0 Å². The van der Waals surface area contributed by atoms with Crippen molar-refractivity contribution in [1.82, 2.24) is 0 Å². The number of para-hydroxylation sites is 1. The van der Waals surface area contributed by atoms with Crippen LogP contribution < -0.4 is 5.32 Å². The van der Waals surface area contributed by atoms with E-state index in [0.717, 1.165) is 6.92 Å². The van der Waals surface area contributed by atoms with Gasteiger partial charge in [-0.15, -0.1) is 0 Å². The van der Waals surface area contributed by atoms with Crippen molar-refractivity contribution < 1.29 is 23.9 Å². The van der Waals surface area contributed by atoms with E-state index in [4.69, 9.17) is 0 Å². The summed E-state index contributed by atoms with van der Waals surface area (Å²) in [7, 11) is 0. The van der Waals surface area contributed by atoms with Crippen molar-refractivity contribution in [2.75, 3.05) is 11.9 Å². The van der Waals surface area contributed by atoms with Gasteiger partial charge in [0.15, 0.2) is 5.92 Å². The van der Waals surface area contributed by atoms with Crippen molar-refractivity contribution >= 4 is 29.1 Å². The Balaban J connectivity index is 2.86. The summed E-state index contributed by atoms with van der Waals surface area (Å²) in [6, 6.07) is 8.33. The van der Waals surface area contributed by atoms with Crippen LogP contribution in [0, 0.1) is 5.92 Å². The first-order valence-corrected chi connectivity index (χ1v) is 6.04. The minimum absolute atomic E-state index is 0.00446. The van der Waals surface area contributed by atoms with Crippen LogP contribution in [0.3, 0.4) is 0 Å². The molecule has 1 rings (SSSR count). The number of anilines is 1. The Labute approximate surface area is 116 Å². The fraction of sp³-hybridized carbons (Fsp3) is 0.286. The fourth-order valence-electron chi connectivity index (χ4n) is 1.54. The number of carbonyl (C=O) groups is 4. The highest BCUT2D eigenvalue weighted by Gasteiger charge is 2.36. The lowest BCUT2D eigenvalue weighted by Crippen LogP contribution is -2.39. The molecule has 1 aromatic rings. The number of Topliss-reactive ketones (excluding diaryl/α,β-unsaturated/α-hetero) is 2. The van der Waals surface area contributed by atoms with Crippen LogP contribution in [0.4, 0.5) is 5.69 Å². The van der Waals surface area contributed by atoms with Crippen LogP contribution in [0.1, 0.15) is 13.8 Å². The van der Waals surface area contributed by atoms with E-state index in [1.165, 1.54) is 6.92 Å². The van der Waals surface area contributed by atoms with E-state index in [0.29, 0.717) is 5.69 Å². The first-order valence-electron chi connectivity index (χ1n) is 6.04. The van der Waals surface area contributed by atoms with Crippen LogP contribution in [-0.4, -0.2) is 30.0 Å². The zero-order valence-corrected chi connectivity index (χ0v) is 11.2. The number of rotatable bonds is 6. The van der Waals surface area contributed by atoms with Gasteiger partial charge >= 0.3 is 5.97 Å². The molecular formula is C14H15NO5. The van der Waals surface area contributed by atoms with Gasteiger partial charge < -0.3 is 10.1 Å². The van der Waals surface area contributed by atoms with E-state index in [1.54, 1.807) is 30.3 Å². The average molecular weight is 277 g/mol. The third-order valence-corrected chi connectivity index (χ3v) is 2.45. The number of amides is 1. The summed E-state index contributed by atoms with van der Waals surface area (Å²) in [5.74, 6) is -5.59. The maximum absolute atomic E-state index is 11.9. The molecule has 0 spiro atoms. The minimum atomic E-state index is -1.69. The Morgan fingerprint density at radius 3 is 2.25 bits per heavy atom. The van der Waals surface area contributed by atoms with Crippen LogP contribution in [-0.2, 0) is 23.9 Å². The summed E-state index contributed by atoms with van der Waals surface area (Å²) in [4.78, 5) is 46.5. The maximum Gasteiger partial charge on any atom is 0.375 e. The maximum atomic E-state index is 11.9. The third-order valence-electron chi connectivity index (χ3n) is 2.45. The van der Waals surface area contributed by atoms with Gasteiger partial charge in [0, 0.05) is 5.69 Å².